The van der Waals surface area contributed by atoms with E-state index in [0.717, 1.165) is 0 Å². The van der Waals surface area contributed by atoms with Gasteiger partial charge in [0.1, 0.15) is 11.5 Å². The Bertz CT molecular complexity index is 1390. The van der Waals surface area contributed by atoms with Crippen LogP contribution in [0, 0.1) is 17.0 Å². The van der Waals surface area contributed by atoms with Crippen molar-refractivity contribution < 1.29 is 9.34 Å². The SMILES string of the molecule is Cc1ccc(-c2ccc(C=Nn3c(=O)[nH]c4ccccc4c3=O)o2)cc1[N+](=O)[O-]. The first-order valence-electron chi connectivity index (χ1n) is 8.58. The Kier molecular flexibility index (Phi) is 4.40. The van der Waals surface area contributed by atoms with Crippen molar-refractivity contribution in [2.24, 2.45) is 5.10 Å². The largest absolute Gasteiger partial charge is 0.455 e. The second-order valence-corrected chi connectivity index (χ2v) is 6.30. The minimum Gasteiger partial charge on any atom is -0.455 e. The monoisotopic (exact) mass is 390 g/mol. The lowest BCUT2D eigenvalue weighted by molar-refractivity contribution is -0.385. The predicted octanol–water partition coefficient (Wildman–Crippen LogP) is 3.05. The molecule has 1 N–H and O–H groups in total. The van der Waals surface area contributed by atoms with E-state index in [9.17, 15) is 19.7 Å². The maximum Gasteiger partial charge on any atom is 0.349 e. The lowest BCUT2D eigenvalue weighted by Crippen LogP contribution is -2.32. The molecule has 0 bridgehead atoms. The highest BCUT2D eigenvalue weighted by atomic mass is 16.6. The molecule has 29 heavy (non-hydrogen) atoms. The first kappa shape index (κ1) is 18.1. The van der Waals surface area contributed by atoms with Gasteiger partial charge in [0.15, 0.2) is 0 Å². The molecular weight excluding hydrogens is 376 g/mol. The zero-order valence-corrected chi connectivity index (χ0v) is 15.2. The second-order valence-electron chi connectivity index (χ2n) is 6.30. The number of nitro benzene ring substituents is 1. The second kappa shape index (κ2) is 7.04. The number of aromatic nitrogens is 2. The lowest BCUT2D eigenvalue weighted by atomic mass is 10.1. The van der Waals surface area contributed by atoms with Crippen LogP contribution in [0.3, 0.4) is 0 Å². The zero-order chi connectivity index (χ0) is 20.5. The summed E-state index contributed by atoms with van der Waals surface area (Å²) in [5.74, 6) is 0.678. The van der Waals surface area contributed by atoms with E-state index in [4.69, 9.17) is 4.42 Å². The Morgan fingerprint density at radius 3 is 2.72 bits per heavy atom. The molecule has 0 radical (unpaired) electrons. The molecule has 4 rings (SSSR count). The Balaban J connectivity index is 1.69. The first-order chi connectivity index (χ1) is 13.9. The summed E-state index contributed by atoms with van der Waals surface area (Å²) in [5, 5.41) is 15.4. The summed E-state index contributed by atoms with van der Waals surface area (Å²) in [5.41, 5.74) is 0.260. The highest BCUT2D eigenvalue weighted by molar-refractivity contribution is 5.79. The quantitative estimate of drug-likeness (QED) is 0.326. The number of fused-ring (bicyclic) bond motifs is 1. The molecular formula is C20H14N4O5. The third-order valence-electron chi connectivity index (χ3n) is 4.40. The molecule has 144 valence electrons. The minimum absolute atomic E-state index is 0.0108. The number of para-hydroxylation sites is 1. The summed E-state index contributed by atoms with van der Waals surface area (Å²) in [6, 6.07) is 14.6. The Morgan fingerprint density at radius 2 is 1.93 bits per heavy atom. The molecule has 9 heteroatoms. The molecule has 0 aliphatic heterocycles. The number of aryl methyl sites for hydroxylation is 1. The van der Waals surface area contributed by atoms with Crippen LogP contribution in [-0.2, 0) is 0 Å². The minimum atomic E-state index is -0.675. The molecule has 4 aromatic rings. The van der Waals surface area contributed by atoms with Gasteiger partial charge in [-0.3, -0.25) is 14.9 Å². The number of nitrogens with one attached hydrogen (secondary N) is 1. The van der Waals surface area contributed by atoms with Crippen molar-refractivity contribution in [3.63, 3.8) is 0 Å². The molecule has 0 atom stereocenters. The topological polar surface area (TPSA) is 124 Å². The van der Waals surface area contributed by atoms with Crippen LogP contribution >= 0.6 is 0 Å². The summed E-state index contributed by atoms with van der Waals surface area (Å²) in [7, 11) is 0. The fourth-order valence-electron chi connectivity index (χ4n) is 2.91. The van der Waals surface area contributed by atoms with E-state index in [1.807, 2.05) is 0 Å². The molecule has 2 aromatic heterocycles. The van der Waals surface area contributed by atoms with Crippen molar-refractivity contribution >= 4 is 22.8 Å². The van der Waals surface area contributed by atoms with E-state index in [-0.39, 0.29) is 11.4 Å². The van der Waals surface area contributed by atoms with Crippen molar-refractivity contribution in [2.75, 3.05) is 0 Å². The average molecular weight is 390 g/mol. The highest BCUT2D eigenvalue weighted by Crippen LogP contribution is 2.27. The maximum atomic E-state index is 12.5. The third kappa shape index (κ3) is 3.36. The van der Waals surface area contributed by atoms with Crippen LogP contribution in [0.25, 0.3) is 22.2 Å². The lowest BCUT2D eigenvalue weighted by Gasteiger charge is -2.01. The number of H-pyrrole nitrogens is 1. The van der Waals surface area contributed by atoms with Crippen molar-refractivity contribution in [1.82, 2.24) is 9.66 Å². The Hall–Kier alpha value is -4.27. The maximum absolute atomic E-state index is 12.5. The van der Waals surface area contributed by atoms with Crippen molar-refractivity contribution in [3.8, 4) is 11.3 Å². The van der Waals surface area contributed by atoms with Crippen LogP contribution in [0.4, 0.5) is 5.69 Å². The number of nitrogens with zero attached hydrogens (tertiary/aromatic N) is 3. The van der Waals surface area contributed by atoms with Crippen LogP contribution in [-0.4, -0.2) is 20.8 Å². The van der Waals surface area contributed by atoms with Crippen LogP contribution < -0.4 is 11.2 Å². The first-order valence-corrected chi connectivity index (χ1v) is 8.58. The molecule has 0 aliphatic rings. The Labute approximate surface area is 162 Å². The molecule has 0 amide bonds. The van der Waals surface area contributed by atoms with Gasteiger partial charge in [-0.25, -0.2) is 4.79 Å². The van der Waals surface area contributed by atoms with Crippen molar-refractivity contribution in [1.29, 1.82) is 0 Å². The number of benzene rings is 2. The van der Waals surface area contributed by atoms with Crippen molar-refractivity contribution in [3.05, 3.63) is 96.9 Å². The normalized spacial score (nSPS) is 11.3. The van der Waals surface area contributed by atoms with E-state index >= 15 is 0 Å². The fraction of sp³-hybridized carbons (Fsp3) is 0.0500. The standard InChI is InChI=1S/C20H14N4O5/c1-12-6-7-13(10-17(12)24(27)28)18-9-8-14(29-18)11-21-23-19(25)15-4-2-3-5-16(15)22-20(23)26/h2-11H,1H3,(H,22,26). The van der Waals surface area contributed by atoms with Gasteiger partial charge in [-0.15, -0.1) is 4.68 Å². The molecule has 0 unspecified atom stereocenters. The van der Waals surface area contributed by atoms with Crippen molar-refractivity contribution in [2.45, 2.75) is 6.92 Å². The number of hydrogen-bond donors (Lipinski definition) is 1. The van der Waals surface area contributed by atoms with E-state index < -0.39 is 16.2 Å². The van der Waals surface area contributed by atoms with Gasteiger partial charge in [-0.2, -0.15) is 5.10 Å². The van der Waals surface area contributed by atoms with E-state index in [2.05, 4.69) is 10.1 Å². The van der Waals surface area contributed by atoms with Gasteiger partial charge < -0.3 is 9.40 Å². The summed E-state index contributed by atoms with van der Waals surface area (Å²) in [6.07, 6.45) is 1.23. The molecule has 0 saturated heterocycles. The van der Waals surface area contributed by atoms with E-state index in [1.165, 1.54) is 12.3 Å². The smallest absolute Gasteiger partial charge is 0.349 e. The van der Waals surface area contributed by atoms with Gasteiger partial charge in [0.05, 0.1) is 22.0 Å². The number of rotatable bonds is 4. The number of nitro groups is 1. The molecule has 0 saturated carbocycles. The molecule has 0 spiro atoms. The zero-order valence-electron chi connectivity index (χ0n) is 15.2. The molecule has 2 aromatic carbocycles. The average Bonchev–Trinajstić information content (AvgIpc) is 3.17. The van der Waals surface area contributed by atoms with Gasteiger partial charge in [-0.05, 0) is 31.2 Å². The van der Waals surface area contributed by atoms with Gasteiger partial charge in [0.25, 0.3) is 11.2 Å². The van der Waals surface area contributed by atoms with Gasteiger partial charge in [0.2, 0.25) is 0 Å². The van der Waals surface area contributed by atoms with Crippen LogP contribution in [0.15, 0.2) is 73.7 Å². The van der Waals surface area contributed by atoms with Crippen LogP contribution in [0.5, 0.6) is 0 Å². The van der Waals surface area contributed by atoms with Gasteiger partial charge in [0, 0.05) is 17.2 Å². The summed E-state index contributed by atoms with van der Waals surface area (Å²) >= 11 is 0. The number of hydrogen-bond acceptors (Lipinski definition) is 6. The van der Waals surface area contributed by atoms with Gasteiger partial charge in [-0.1, -0.05) is 24.3 Å². The summed E-state index contributed by atoms with van der Waals surface area (Å²) in [4.78, 5) is 37.8. The van der Waals surface area contributed by atoms with Crippen LogP contribution in [0.1, 0.15) is 11.3 Å². The summed E-state index contributed by atoms with van der Waals surface area (Å²) < 4.78 is 6.34. The molecule has 2 heterocycles. The summed E-state index contributed by atoms with van der Waals surface area (Å²) in [6.45, 7) is 1.65. The fourth-order valence-corrected chi connectivity index (χ4v) is 2.91. The van der Waals surface area contributed by atoms with E-state index in [1.54, 1.807) is 55.5 Å². The Morgan fingerprint density at radius 1 is 1.14 bits per heavy atom. The number of aromatic amines is 1. The predicted molar refractivity (Wildman–Crippen MR) is 107 cm³/mol. The van der Waals surface area contributed by atoms with Gasteiger partial charge >= 0.3 is 5.69 Å². The molecule has 0 fully saturated rings. The van der Waals surface area contributed by atoms with Crippen LogP contribution in [0.2, 0.25) is 0 Å². The van der Waals surface area contributed by atoms with E-state index in [0.29, 0.717) is 32.5 Å². The third-order valence-corrected chi connectivity index (χ3v) is 4.40. The molecule has 9 nitrogen and oxygen atoms in total. The molecule has 0 aliphatic carbocycles. The highest BCUT2D eigenvalue weighted by Gasteiger charge is 2.14. The number of furan rings is 1.